The fourth-order valence-corrected chi connectivity index (χ4v) is 4.31. The number of thiophene rings is 1. The first-order valence-corrected chi connectivity index (χ1v) is 9.51. The van der Waals surface area contributed by atoms with Crippen molar-refractivity contribution in [2.24, 2.45) is 0 Å². The van der Waals surface area contributed by atoms with E-state index in [4.69, 9.17) is 4.74 Å². The SMILES string of the molecule is CCOC(=O)NC(=O)c1c(NC(=O)c2ccccc2F)sc2c1CCCC2. The molecule has 1 aliphatic rings. The average molecular weight is 390 g/mol. The number of carbonyl (C=O) groups excluding carboxylic acids is 3. The van der Waals surface area contributed by atoms with Crippen LogP contribution in [0.25, 0.3) is 0 Å². The van der Waals surface area contributed by atoms with Crippen molar-refractivity contribution in [3.05, 3.63) is 51.7 Å². The lowest BCUT2D eigenvalue weighted by Crippen LogP contribution is -2.32. The Hall–Kier alpha value is -2.74. The minimum absolute atomic E-state index is 0.111. The van der Waals surface area contributed by atoms with E-state index in [0.29, 0.717) is 11.4 Å². The van der Waals surface area contributed by atoms with Crippen LogP contribution in [-0.2, 0) is 17.6 Å². The quantitative estimate of drug-likeness (QED) is 0.829. The van der Waals surface area contributed by atoms with Gasteiger partial charge in [-0.25, -0.2) is 9.18 Å². The van der Waals surface area contributed by atoms with Crippen LogP contribution >= 0.6 is 11.3 Å². The highest BCUT2D eigenvalue weighted by atomic mass is 32.1. The summed E-state index contributed by atoms with van der Waals surface area (Å²) in [6.45, 7) is 1.77. The van der Waals surface area contributed by atoms with Gasteiger partial charge in [-0.2, -0.15) is 0 Å². The predicted octanol–water partition coefficient (Wildman–Crippen LogP) is 3.90. The van der Waals surface area contributed by atoms with E-state index in [2.05, 4.69) is 10.6 Å². The molecule has 6 nitrogen and oxygen atoms in total. The summed E-state index contributed by atoms with van der Waals surface area (Å²) < 4.78 is 18.6. The van der Waals surface area contributed by atoms with E-state index in [1.165, 1.54) is 29.5 Å². The van der Waals surface area contributed by atoms with E-state index >= 15 is 0 Å². The van der Waals surface area contributed by atoms with Crippen LogP contribution < -0.4 is 10.6 Å². The number of aryl methyl sites for hydroxylation is 1. The zero-order valence-electron chi connectivity index (χ0n) is 14.8. The summed E-state index contributed by atoms with van der Waals surface area (Å²) in [5.74, 6) is -1.91. The molecule has 0 fully saturated rings. The summed E-state index contributed by atoms with van der Waals surface area (Å²) in [5, 5.41) is 5.13. The summed E-state index contributed by atoms with van der Waals surface area (Å²) in [7, 11) is 0. The van der Waals surface area contributed by atoms with E-state index in [1.807, 2.05) is 0 Å². The van der Waals surface area contributed by atoms with E-state index in [1.54, 1.807) is 13.0 Å². The number of carbonyl (C=O) groups is 3. The molecule has 0 radical (unpaired) electrons. The molecule has 0 atom stereocenters. The average Bonchev–Trinajstić information content (AvgIpc) is 3.00. The molecule has 0 saturated carbocycles. The molecule has 3 amide bonds. The lowest BCUT2D eigenvalue weighted by molar-refractivity contribution is 0.0925. The summed E-state index contributed by atoms with van der Waals surface area (Å²) in [6.07, 6.45) is 2.56. The largest absolute Gasteiger partial charge is 0.450 e. The number of imide groups is 1. The summed E-state index contributed by atoms with van der Waals surface area (Å²) in [6, 6.07) is 5.62. The van der Waals surface area contributed by atoms with E-state index in [-0.39, 0.29) is 17.7 Å². The third-order valence-electron chi connectivity index (χ3n) is 4.23. The molecular weight excluding hydrogens is 371 g/mol. The number of benzene rings is 1. The number of hydrogen-bond donors (Lipinski definition) is 2. The van der Waals surface area contributed by atoms with E-state index in [9.17, 15) is 18.8 Å². The van der Waals surface area contributed by atoms with Gasteiger partial charge >= 0.3 is 6.09 Å². The van der Waals surface area contributed by atoms with Crippen LogP contribution in [0.5, 0.6) is 0 Å². The Morgan fingerprint density at radius 1 is 1.15 bits per heavy atom. The molecule has 2 N–H and O–H groups in total. The fraction of sp³-hybridized carbons (Fsp3) is 0.316. The van der Waals surface area contributed by atoms with Crippen molar-refractivity contribution in [1.82, 2.24) is 5.32 Å². The Morgan fingerprint density at radius 3 is 2.63 bits per heavy atom. The maximum atomic E-state index is 13.9. The molecule has 1 aromatic heterocycles. The Morgan fingerprint density at radius 2 is 1.89 bits per heavy atom. The predicted molar refractivity (Wildman–Crippen MR) is 99.8 cm³/mol. The van der Waals surface area contributed by atoms with Crippen LogP contribution in [0.2, 0.25) is 0 Å². The molecule has 0 saturated heterocycles. The first kappa shape index (κ1) is 19.0. The van der Waals surface area contributed by atoms with Gasteiger partial charge in [-0.1, -0.05) is 12.1 Å². The molecule has 1 heterocycles. The monoisotopic (exact) mass is 390 g/mol. The summed E-state index contributed by atoms with van der Waals surface area (Å²) in [5.41, 5.74) is 0.977. The van der Waals surface area contributed by atoms with Crippen molar-refractivity contribution in [2.75, 3.05) is 11.9 Å². The molecule has 0 aliphatic heterocycles. The first-order valence-electron chi connectivity index (χ1n) is 8.69. The number of hydrogen-bond acceptors (Lipinski definition) is 5. The van der Waals surface area contributed by atoms with Gasteiger partial charge in [0, 0.05) is 4.88 Å². The van der Waals surface area contributed by atoms with Crippen molar-refractivity contribution >= 4 is 34.2 Å². The van der Waals surface area contributed by atoms with Gasteiger partial charge in [-0.15, -0.1) is 11.3 Å². The molecule has 3 rings (SSSR count). The van der Waals surface area contributed by atoms with Gasteiger partial charge in [-0.05, 0) is 50.3 Å². The van der Waals surface area contributed by atoms with Crippen molar-refractivity contribution in [3.8, 4) is 0 Å². The van der Waals surface area contributed by atoms with Crippen LogP contribution in [0.15, 0.2) is 24.3 Å². The highest BCUT2D eigenvalue weighted by Crippen LogP contribution is 2.38. The molecule has 0 unspecified atom stereocenters. The lowest BCUT2D eigenvalue weighted by Gasteiger charge is -2.13. The molecular formula is C19H19FN2O4S. The zero-order chi connectivity index (χ0) is 19.4. The van der Waals surface area contributed by atoms with Crippen LogP contribution in [0.4, 0.5) is 14.2 Å². The lowest BCUT2D eigenvalue weighted by atomic mass is 9.95. The first-order chi connectivity index (χ1) is 13.0. The Balaban J connectivity index is 1.91. The minimum atomic E-state index is -0.843. The van der Waals surface area contributed by atoms with Crippen LogP contribution in [-0.4, -0.2) is 24.5 Å². The summed E-state index contributed by atoms with van der Waals surface area (Å²) in [4.78, 5) is 37.7. The zero-order valence-corrected chi connectivity index (χ0v) is 15.6. The highest BCUT2D eigenvalue weighted by molar-refractivity contribution is 7.17. The van der Waals surface area contributed by atoms with Crippen LogP contribution in [0.3, 0.4) is 0 Å². The smallest absolute Gasteiger partial charge is 0.414 e. The molecule has 8 heteroatoms. The number of rotatable bonds is 4. The van der Waals surface area contributed by atoms with Crippen molar-refractivity contribution in [1.29, 1.82) is 0 Å². The minimum Gasteiger partial charge on any atom is -0.450 e. The van der Waals surface area contributed by atoms with Crippen LogP contribution in [0, 0.1) is 5.82 Å². The summed E-state index contributed by atoms with van der Waals surface area (Å²) >= 11 is 1.29. The maximum absolute atomic E-state index is 13.9. The molecule has 0 bridgehead atoms. The maximum Gasteiger partial charge on any atom is 0.414 e. The third kappa shape index (κ3) is 4.16. The molecule has 1 aliphatic carbocycles. The van der Waals surface area contributed by atoms with Gasteiger partial charge < -0.3 is 10.1 Å². The van der Waals surface area contributed by atoms with Gasteiger partial charge in [0.15, 0.2) is 0 Å². The molecule has 142 valence electrons. The number of nitrogens with one attached hydrogen (secondary N) is 2. The van der Waals surface area contributed by atoms with Gasteiger partial charge in [0.25, 0.3) is 11.8 Å². The third-order valence-corrected chi connectivity index (χ3v) is 5.44. The number of alkyl carbamates (subject to hydrolysis) is 1. The molecule has 1 aromatic carbocycles. The normalized spacial score (nSPS) is 12.8. The second-order valence-corrected chi connectivity index (χ2v) is 7.13. The highest BCUT2D eigenvalue weighted by Gasteiger charge is 2.28. The number of ether oxygens (including phenoxy) is 1. The van der Waals surface area contributed by atoms with Gasteiger partial charge in [0.1, 0.15) is 10.8 Å². The second-order valence-electron chi connectivity index (χ2n) is 6.02. The number of fused-ring (bicyclic) bond motifs is 1. The molecule has 2 aromatic rings. The van der Waals surface area contributed by atoms with Gasteiger partial charge in [-0.3, -0.25) is 14.9 Å². The molecule has 0 spiro atoms. The van der Waals surface area contributed by atoms with Crippen LogP contribution in [0.1, 0.15) is 50.9 Å². The van der Waals surface area contributed by atoms with Crippen molar-refractivity contribution in [3.63, 3.8) is 0 Å². The van der Waals surface area contributed by atoms with Crippen molar-refractivity contribution < 1.29 is 23.5 Å². The second kappa shape index (κ2) is 8.30. The topological polar surface area (TPSA) is 84.5 Å². The number of anilines is 1. The number of amides is 3. The Bertz CT molecular complexity index is 894. The van der Waals surface area contributed by atoms with E-state index in [0.717, 1.165) is 29.7 Å². The van der Waals surface area contributed by atoms with Gasteiger partial charge in [0.05, 0.1) is 17.7 Å². The standard InChI is InChI=1S/C19H19FN2O4S/c1-2-26-19(25)22-17(24)15-12-8-4-6-10-14(12)27-18(15)21-16(23)11-7-3-5-9-13(11)20/h3,5,7,9H,2,4,6,8,10H2,1H3,(H,21,23)(H,22,24,25). The Labute approximate surface area is 159 Å². The van der Waals surface area contributed by atoms with Gasteiger partial charge in [0.2, 0.25) is 0 Å². The molecule has 27 heavy (non-hydrogen) atoms. The number of halogens is 1. The Kier molecular flexibility index (Phi) is 5.85. The fourth-order valence-electron chi connectivity index (χ4n) is 3.03. The van der Waals surface area contributed by atoms with E-state index < -0.39 is 23.7 Å². The van der Waals surface area contributed by atoms with Crippen molar-refractivity contribution in [2.45, 2.75) is 32.6 Å².